The van der Waals surface area contributed by atoms with Gasteiger partial charge < -0.3 is 4.74 Å². The summed E-state index contributed by atoms with van der Waals surface area (Å²) < 4.78 is 6.03. The molecule has 1 unspecified atom stereocenters. The van der Waals surface area contributed by atoms with E-state index in [1.165, 1.54) is 51.4 Å². The fourth-order valence-electron chi connectivity index (χ4n) is 2.99. The molecule has 0 aromatic rings. The van der Waals surface area contributed by atoms with Crippen LogP contribution in [0.25, 0.3) is 0 Å². The van der Waals surface area contributed by atoms with Gasteiger partial charge in [-0.3, -0.25) is 0 Å². The van der Waals surface area contributed by atoms with Crippen LogP contribution in [-0.2, 0) is 4.74 Å². The Morgan fingerprint density at radius 3 is 2.15 bits per heavy atom. The Morgan fingerprint density at radius 2 is 1.62 bits per heavy atom. The molecule has 13 heavy (non-hydrogen) atoms. The quantitative estimate of drug-likeness (QED) is 0.557. The average molecular weight is 182 g/mol. The first-order chi connectivity index (χ1) is 6.33. The molecule has 0 aromatic carbocycles. The van der Waals surface area contributed by atoms with E-state index in [1.807, 2.05) is 0 Å². The largest absolute Gasteiger partial charge is 0.375 e. The highest BCUT2D eigenvalue weighted by Crippen LogP contribution is 2.41. The lowest BCUT2D eigenvalue weighted by Gasteiger charge is -2.34. The molecule has 1 heteroatoms. The third kappa shape index (κ3) is 1.90. The van der Waals surface area contributed by atoms with Crippen molar-refractivity contribution in [3.63, 3.8) is 0 Å². The van der Waals surface area contributed by atoms with Gasteiger partial charge in [0.1, 0.15) is 0 Å². The van der Waals surface area contributed by atoms with E-state index >= 15 is 0 Å². The molecule has 0 bridgehead atoms. The second-order valence-electron chi connectivity index (χ2n) is 4.87. The molecule has 1 aliphatic carbocycles. The molecule has 2 fully saturated rings. The molecule has 2 aliphatic rings. The van der Waals surface area contributed by atoms with E-state index in [0.717, 1.165) is 12.5 Å². The molecule has 1 saturated heterocycles. The second kappa shape index (κ2) is 4.00. The Kier molecular flexibility index (Phi) is 2.92. The van der Waals surface area contributed by atoms with Gasteiger partial charge in [0.05, 0.1) is 5.60 Å². The van der Waals surface area contributed by atoms with Crippen LogP contribution < -0.4 is 0 Å². The molecule has 0 amide bonds. The molecule has 1 saturated carbocycles. The highest BCUT2D eigenvalue weighted by atomic mass is 16.5. The van der Waals surface area contributed by atoms with Crippen molar-refractivity contribution < 1.29 is 4.74 Å². The lowest BCUT2D eigenvalue weighted by molar-refractivity contribution is -0.0378. The Bertz CT molecular complexity index is 157. The summed E-state index contributed by atoms with van der Waals surface area (Å²) in [5.74, 6) is 0.811. The fraction of sp³-hybridized carbons (Fsp3) is 1.00. The number of hydrogen-bond acceptors (Lipinski definition) is 1. The minimum absolute atomic E-state index is 0.306. The van der Waals surface area contributed by atoms with Crippen molar-refractivity contribution in [2.75, 3.05) is 6.61 Å². The van der Waals surface area contributed by atoms with Crippen LogP contribution in [0.2, 0.25) is 0 Å². The van der Waals surface area contributed by atoms with Gasteiger partial charge >= 0.3 is 0 Å². The van der Waals surface area contributed by atoms with Gasteiger partial charge in [0, 0.05) is 6.61 Å². The van der Waals surface area contributed by atoms with Crippen LogP contribution in [0.4, 0.5) is 0 Å². The standard InChI is InChI=1S/C12H22O/c1-11-7-10-13-12(11)8-5-3-2-4-6-9-12/h11H,2-10H2,1H3. The summed E-state index contributed by atoms with van der Waals surface area (Å²) in [4.78, 5) is 0. The molecule has 1 nitrogen and oxygen atoms in total. The predicted octanol–water partition coefficient (Wildman–Crippen LogP) is 3.53. The van der Waals surface area contributed by atoms with Crippen LogP contribution in [0.15, 0.2) is 0 Å². The van der Waals surface area contributed by atoms with E-state index in [1.54, 1.807) is 0 Å². The van der Waals surface area contributed by atoms with Gasteiger partial charge in [-0.15, -0.1) is 0 Å². The second-order valence-corrected chi connectivity index (χ2v) is 4.87. The minimum atomic E-state index is 0.306. The summed E-state index contributed by atoms with van der Waals surface area (Å²) in [6.07, 6.45) is 11.0. The minimum Gasteiger partial charge on any atom is -0.375 e. The normalized spacial score (nSPS) is 34.4. The van der Waals surface area contributed by atoms with Gasteiger partial charge in [-0.1, -0.05) is 39.0 Å². The summed E-state index contributed by atoms with van der Waals surface area (Å²) in [5.41, 5.74) is 0.306. The van der Waals surface area contributed by atoms with Crippen molar-refractivity contribution in [3.8, 4) is 0 Å². The lowest BCUT2D eigenvalue weighted by Crippen LogP contribution is -2.34. The first-order valence-electron chi connectivity index (χ1n) is 5.97. The van der Waals surface area contributed by atoms with Crippen LogP contribution in [-0.4, -0.2) is 12.2 Å². The Hall–Kier alpha value is -0.0400. The SMILES string of the molecule is CC1CCOC12CCCCCCC2. The molecule has 2 rings (SSSR count). The van der Waals surface area contributed by atoms with Crippen LogP contribution >= 0.6 is 0 Å². The van der Waals surface area contributed by atoms with E-state index in [-0.39, 0.29) is 0 Å². The molecule has 0 N–H and O–H groups in total. The molecule has 1 spiro atoms. The molecule has 0 aromatic heterocycles. The topological polar surface area (TPSA) is 9.23 Å². The van der Waals surface area contributed by atoms with E-state index in [9.17, 15) is 0 Å². The van der Waals surface area contributed by atoms with Crippen LogP contribution in [0.3, 0.4) is 0 Å². The van der Waals surface area contributed by atoms with Gasteiger partial charge in [0.2, 0.25) is 0 Å². The predicted molar refractivity (Wildman–Crippen MR) is 54.8 cm³/mol. The maximum Gasteiger partial charge on any atom is 0.0708 e. The summed E-state index contributed by atoms with van der Waals surface area (Å²) >= 11 is 0. The zero-order chi connectivity index (χ0) is 9.15. The first kappa shape index (κ1) is 9.51. The third-order valence-electron chi connectivity index (χ3n) is 4.04. The van der Waals surface area contributed by atoms with Gasteiger partial charge in [0.15, 0.2) is 0 Å². The number of hydrogen-bond donors (Lipinski definition) is 0. The average Bonchev–Trinajstić information content (AvgIpc) is 2.42. The van der Waals surface area contributed by atoms with Crippen molar-refractivity contribution in [2.45, 2.75) is 63.9 Å². The smallest absolute Gasteiger partial charge is 0.0708 e. The summed E-state index contributed by atoms with van der Waals surface area (Å²) in [7, 11) is 0. The maximum atomic E-state index is 6.03. The maximum absolute atomic E-state index is 6.03. The summed E-state index contributed by atoms with van der Waals surface area (Å²) in [6.45, 7) is 3.40. The van der Waals surface area contributed by atoms with Crippen molar-refractivity contribution in [3.05, 3.63) is 0 Å². The van der Waals surface area contributed by atoms with Gasteiger partial charge in [-0.2, -0.15) is 0 Å². The Morgan fingerprint density at radius 1 is 1.00 bits per heavy atom. The highest BCUT2D eigenvalue weighted by Gasteiger charge is 2.40. The monoisotopic (exact) mass is 182 g/mol. The van der Waals surface area contributed by atoms with Crippen LogP contribution in [0.1, 0.15) is 58.3 Å². The van der Waals surface area contributed by atoms with Gasteiger partial charge in [-0.25, -0.2) is 0 Å². The first-order valence-corrected chi connectivity index (χ1v) is 5.97. The van der Waals surface area contributed by atoms with Crippen molar-refractivity contribution in [2.24, 2.45) is 5.92 Å². The fourth-order valence-corrected chi connectivity index (χ4v) is 2.99. The Balaban J connectivity index is 2.00. The number of rotatable bonds is 0. The molecular weight excluding hydrogens is 160 g/mol. The zero-order valence-corrected chi connectivity index (χ0v) is 8.85. The Labute approximate surface area is 81.9 Å². The molecular formula is C12H22O. The lowest BCUT2D eigenvalue weighted by atomic mass is 9.79. The van der Waals surface area contributed by atoms with E-state index in [2.05, 4.69) is 6.92 Å². The van der Waals surface area contributed by atoms with Crippen LogP contribution in [0, 0.1) is 5.92 Å². The summed E-state index contributed by atoms with van der Waals surface area (Å²) in [5, 5.41) is 0. The van der Waals surface area contributed by atoms with Crippen molar-refractivity contribution >= 4 is 0 Å². The van der Waals surface area contributed by atoms with Gasteiger partial charge in [-0.05, 0) is 25.2 Å². The number of ether oxygens (including phenoxy) is 1. The van der Waals surface area contributed by atoms with Crippen LogP contribution in [0.5, 0.6) is 0 Å². The molecule has 0 radical (unpaired) electrons. The molecule has 1 aliphatic heterocycles. The molecule has 1 heterocycles. The zero-order valence-electron chi connectivity index (χ0n) is 8.85. The van der Waals surface area contributed by atoms with E-state index in [0.29, 0.717) is 5.60 Å². The highest BCUT2D eigenvalue weighted by molar-refractivity contribution is 4.91. The van der Waals surface area contributed by atoms with Gasteiger partial charge in [0.25, 0.3) is 0 Å². The van der Waals surface area contributed by atoms with E-state index < -0.39 is 0 Å². The van der Waals surface area contributed by atoms with Crippen molar-refractivity contribution in [1.29, 1.82) is 0 Å². The summed E-state index contributed by atoms with van der Waals surface area (Å²) in [6, 6.07) is 0. The van der Waals surface area contributed by atoms with Crippen molar-refractivity contribution in [1.82, 2.24) is 0 Å². The van der Waals surface area contributed by atoms with E-state index in [4.69, 9.17) is 4.74 Å². The molecule has 1 atom stereocenters. The molecule has 76 valence electrons. The third-order valence-corrected chi connectivity index (χ3v) is 4.04.